The molecule has 0 radical (unpaired) electrons. The number of benzene rings is 2. The summed E-state index contributed by atoms with van der Waals surface area (Å²) in [5.74, 6) is -0.191. The fourth-order valence-corrected chi connectivity index (χ4v) is 3.22. The van der Waals surface area contributed by atoms with Crippen molar-refractivity contribution >= 4 is 28.8 Å². The molecule has 0 atom stereocenters. The molecule has 0 saturated heterocycles. The summed E-state index contributed by atoms with van der Waals surface area (Å²) in [4.78, 5) is 17.3. The second kappa shape index (κ2) is 6.89. The molecule has 134 valence electrons. The molecule has 5 heteroatoms. The number of anilines is 1. The topological polar surface area (TPSA) is 46.4 Å². The lowest BCUT2D eigenvalue weighted by Crippen LogP contribution is -2.12. The molecule has 27 heavy (non-hydrogen) atoms. The maximum atomic E-state index is 12.6. The Balaban J connectivity index is 1.68. The minimum atomic E-state index is -0.191. The summed E-state index contributed by atoms with van der Waals surface area (Å²) in [6.07, 6.45) is 3.98. The van der Waals surface area contributed by atoms with Gasteiger partial charge in [-0.3, -0.25) is 4.79 Å². The first-order chi connectivity index (χ1) is 13.0. The fourth-order valence-electron chi connectivity index (χ4n) is 3.03. The molecule has 0 fully saturated rings. The Labute approximate surface area is 162 Å². The number of carbonyl (C=O) groups is 1. The van der Waals surface area contributed by atoms with Gasteiger partial charge in [-0.2, -0.15) is 0 Å². The van der Waals surface area contributed by atoms with Crippen LogP contribution in [0.4, 0.5) is 5.69 Å². The molecule has 0 aliphatic carbocycles. The number of halogens is 1. The number of aromatic nitrogens is 2. The van der Waals surface area contributed by atoms with Crippen molar-refractivity contribution in [2.24, 2.45) is 0 Å². The SMILES string of the molecule is Cc1ccc(-c2cn3cccc(C)c3n2)cc1NC(=O)c1cccc(Cl)c1. The predicted octanol–water partition coefficient (Wildman–Crippen LogP) is 5.52. The highest BCUT2D eigenvalue weighted by Gasteiger charge is 2.11. The van der Waals surface area contributed by atoms with E-state index < -0.39 is 0 Å². The number of nitrogens with one attached hydrogen (secondary N) is 1. The van der Waals surface area contributed by atoms with Gasteiger partial charge in [-0.15, -0.1) is 0 Å². The molecule has 0 unspecified atom stereocenters. The van der Waals surface area contributed by atoms with Crippen LogP contribution in [0.5, 0.6) is 0 Å². The zero-order valence-corrected chi connectivity index (χ0v) is 15.8. The van der Waals surface area contributed by atoms with E-state index in [0.717, 1.165) is 33.7 Å². The van der Waals surface area contributed by atoms with Gasteiger partial charge >= 0.3 is 0 Å². The number of nitrogens with zero attached hydrogens (tertiary/aromatic N) is 2. The van der Waals surface area contributed by atoms with E-state index >= 15 is 0 Å². The Bertz CT molecular complexity index is 1160. The molecule has 0 spiro atoms. The van der Waals surface area contributed by atoms with Gasteiger partial charge in [-0.25, -0.2) is 4.98 Å². The second-order valence-corrected chi connectivity index (χ2v) is 6.98. The largest absolute Gasteiger partial charge is 0.322 e. The molecule has 0 saturated carbocycles. The van der Waals surface area contributed by atoms with Gasteiger partial charge < -0.3 is 9.72 Å². The summed E-state index contributed by atoms with van der Waals surface area (Å²) in [7, 11) is 0. The van der Waals surface area contributed by atoms with E-state index in [-0.39, 0.29) is 5.91 Å². The van der Waals surface area contributed by atoms with E-state index in [4.69, 9.17) is 16.6 Å². The molecule has 2 aromatic carbocycles. The van der Waals surface area contributed by atoms with Crippen molar-refractivity contribution in [1.82, 2.24) is 9.38 Å². The van der Waals surface area contributed by atoms with Crippen LogP contribution in [0, 0.1) is 13.8 Å². The number of imidazole rings is 1. The third kappa shape index (κ3) is 3.44. The molecule has 1 N–H and O–H groups in total. The highest BCUT2D eigenvalue weighted by molar-refractivity contribution is 6.31. The monoisotopic (exact) mass is 375 g/mol. The molecule has 4 rings (SSSR count). The van der Waals surface area contributed by atoms with Crippen molar-refractivity contribution in [2.45, 2.75) is 13.8 Å². The van der Waals surface area contributed by atoms with Gasteiger partial charge in [0.05, 0.1) is 5.69 Å². The van der Waals surface area contributed by atoms with Crippen molar-refractivity contribution in [1.29, 1.82) is 0 Å². The molecule has 4 aromatic rings. The average Bonchev–Trinajstić information content (AvgIpc) is 3.09. The Morgan fingerprint density at radius 1 is 1.04 bits per heavy atom. The summed E-state index contributed by atoms with van der Waals surface area (Å²) < 4.78 is 2.01. The number of pyridine rings is 1. The maximum absolute atomic E-state index is 12.6. The van der Waals surface area contributed by atoms with Crippen molar-refractivity contribution < 1.29 is 4.79 Å². The summed E-state index contributed by atoms with van der Waals surface area (Å²) in [6, 6.07) is 16.9. The maximum Gasteiger partial charge on any atom is 0.255 e. The zero-order valence-electron chi connectivity index (χ0n) is 15.0. The lowest BCUT2D eigenvalue weighted by molar-refractivity contribution is 0.102. The smallest absolute Gasteiger partial charge is 0.255 e. The van der Waals surface area contributed by atoms with E-state index in [1.165, 1.54) is 0 Å². The second-order valence-electron chi connectivity index (χ2n) is 6.54. The van der Waals surface area contributed by atoms with Crippen molar-refractivity contribution in [3.8, 4) is 11.3 Å². The summed E-state index contributed by atoms with van der Waals surface area (Å²) in [6.45, 7) is 4.00. The van der Waals surface area contributed by atoms with Crippen LogP contribution in [0.2, 0.25) is 5.02 Å². The molecule has 0 bridgehead atoms. The van der Waals surface area contributed by atoms with Crippen LogP contribution in [-0.4, -0.2) is 15.3 Å². The van der Waals surface area contributed by atoms with Crippen molar-refractivity contribution in [3.63, 3.8) is 0 Å². The van der Waals surface area contributed by atoms with E-state index in [9.17, 15) is 4.79 Å². The van der Waals surface area contributed by atoms with Crippen LogP contribution in [0.25, 0.3) is 16.9 Å². The van der Waals surface area contributed by atoms with Crippen LogP contribution in [0.15, 0.2) is 67.0 Å². The van der Waals surface area contributed by atoms with Crippen molar-refractivity contribution in [3.05, 3.63) is 88.7 Å². The van der Waals surface area contributed by atoms with Gasteiger partial charge in [-0.1, -0.05) is 35.9 Å². The lowest BCUT2D eigenvalue weighted by Gasteiger charge is -2.10. The molecule has 0 aliphatic heterocycles. The third-order valence-electron chi connectivity index (χ3n) is 4.55. The van der Waals surface area contributed by atoms with Gasteiger partial charge in [0.25, 0.3) is 5.91 Å². The van der Waals surface area contributed by atoms with Gasteiger partial charge in [-0.05, 0) is 55.3 Å². The van der Waals surface area contributed by atoms with Gasteiger partial charge in [0.2, 0.25) is 0 Å². The highest BCUT2D eigenvalue weighted by atomic mass is 35.5. The first kappa shape index (κ1) is 17.3. The number of rotatable bonds is 3. The quantitative estimate of drug-likeness (QED) is 0.512. The Kier molecular flexibility index (Phi) is 4.42. The molecule has 2 aromatic heterocycles. The number of fused-ring (bicyclic) bond motifs is 1. The number of hydrogen-bond acceptors (Lipinski definition) is 2. The van der Waals surface area contributed by atoms with E-state index in [2.05, 4.69) is 5.32 Å². The Morgan fingerprint density at radius 2 is 1.89 bits per heavy atom. The van der Waals surface area contributed by atoms with E-state index in [1.54, 1.807) is 24.3 Å². The van der Waals surface area contributed by atoms with Crippen LogP contribution in [0.1, 0.15) is 21.5 Å². The Morgan fingerprint density at radius 3 is 2.67 bits per heavy atom. The normalized spacial score (nSPS) is 10.9. The number of hydrogen-bond donors (Lipinski definition) is 1. The minimum Gasteiger partial charge on any atom is -0.322 e. The molecule has 4 nitrogen and oxygen atoms in total. The first-order valence-electron chi connectivity index (χ1n) is 8.63. The van der Waals surface area contributed by atoms with Crippen molar-refractivity contribution in [2.75, 3.05) is 5.32 Å². The fraction of sp³-hybridized carbons (Fsp3) is 0.0909. The standard InChI is InChI=1S/C22H18ClN3O/c1-14-8-9-16(20-13-26-10-4-5-15(2)21(26)24-20)12-19(14)25-22(27)17-6-3-7-18(23)11-17/h3-13H,1-2H3,(H,25,27). The molecular formula is C22H18ClN3O. The lowest BCUT2D eigenvalue weighted by atomic mass is 10.1. The molecule has 0 aliphatic rings. The first-order valence-corrected chi connectivity index (χ1v) is 9.01. The molecule has 2 heterocycles. The van der Waals surface area contributed by atoms with Gasteiger partial charge in [0.15, 0.2) is 0 Å². The number of aryl methyl sites for hydroxylation is 2. The average molecular weight is 376 g/mol. The summed E-state index contributed by atoms with van der Waals surface area (Å²) >= 11 is 5.99. The van der Waals surface area contributed by atoms with Crippen LogP contribution >= 0.6 is 11.6 Å². The van der Waals surface area contributed by atoms with Crippen LogP contribution in [0.3, 0.4) is 0 Å². The van der Waals surface area contributed by atoms with Gasteiger partial charge in [0.1, 0.15) is 5.65 Å². The summed E-state index contributed by atoms with van der Waals surface area (Å²) in [5, 5.41) is 3.51. The zero-order chi connectivity index (χ0) is 19.0. The van der Waals surface area contributed by atoms with Gasteiger partial charge in [0, 0.05) is 34.2 Å². The van der Waals surface area contributed by atoms with Crippen LogP contribution in [-0.2, 0) is 0 Å². The highest BCUT2D eigenvalue weighted by Crippen LogP contribution is 2.26. The van der Waals surface area contributed by atoms with Crippen LogP contribution < -0.4 is 5.32 Å². The number of carbonyl (C=O) groups excluding carboxylic acids is 1. The molecule has 1 amide bonds. The van der Waals surface area contributed by atoms with E-state index in [0.29, 0.717) is 10.6 Å². The van der Waals surface area contributed by atoms with E-state index in [1.807, 2.05) is 61.0 Å². The number of amides is 1. The molecular weight excluding hydrogens is 358 g/mol. The minimum absolute atomic E-state index is 0.191. The Hall–Kier alpha value is -3.11. The summed E-state index contributed by atoms with van der Waals surface area (Å²) in [5.41, 5.74) is 6.12. The third-order valence-corrected chi connectivity index (χ3v) is 4.78. The predicted molar refractivity (Wildman–Crippen MR) is 110 cm³/mol.